The van der Waals surface area contributed by atoms with Gasteiger partial charge in [0.25, 0.3) is 0 Å². The van der Waals surface area contributed by atoms with Crippen LogP contribution in [0.15, 0.2) is 11.6 Å². The van der Waals surface area contributed by atoms with Gasteiger partial charge in [-0.25, -0.2) is 0 Å². The summed E-state index contributed by atoms with van der Waals surface area (Å²) in [5, 5.41) is 2.82. The maximum Gasteiger partial charge on any atom is 0.246 e. The Hall–Kier alpha value is -1.32. The maximum atomic E-state index is 12.4. The highest BCUT2D eigenvalue weighted by Gasteiger charge is 2.39. The molecule has 2 aliphatic rings. The molecular weight excluding hydrogens is 240 g/mol. The average Bonchev–Trinajstić information content (AvgIpc) is 2.81. The quantitative estimate of drug-likeness (QED) is 0.791. The predicted molar refractivity (Wildman–Crippen MR) is 74.5 cm³/mol. The van der Waals surface area contributed by atoms with Crippen LogP contribution in [0, 0.1) is 5.41 Å². The van der Waals surface area contributed by atoms with Crippen LogP contribution in [0.3, 0.4) is 0 Å². The molecule has 2 amide bonds. The number of nitrogens with one attached hydrogen (secondary N) is 1. The van der Waals surface area contributed by atoms with Gasteiger partial charge in [-0.3, -0.25) is 9.59 Å². The van der Waals surface area contributed by atoms with Crippen LogP contribution in [0.2, 0.25) is 0 Å². The lowest BCUT2D eigenvalue weighted by Crippen LogP contribution is -2.62. The molecule has 1 fully saturated rings. The normalized spacial score (nSPS) is 24.5. The van der Waals surface area contributed by atoms with E-state index in [1.165, 1.54) is 12.0 Å². The minimum Gasteiger partial charge on any atom is -0.342 e. The molecule has 0 spiro atoms. The first-order valence-electron chi connectivity index (χ1n) is 7.14. The number of piperazine rings is 1. The van der Waals surface area contributed by atoms with Crippen molar-refractivity contribution in [2.45, 2.75) is 52.5 Å². The van der Waals surface area contributed by atoms with E-state index in [0.29, 0.717) is 6.54 Å². The third-order valence-electron chi connectivity index (χ3n) is 3.90. The molecule has 0 bridgehead atoms. The lowest BCUT2D eigenvalue weighted by Gasteiger charge is -2.39. The fraction of sp³-hybridized carbons (Fsp3) is 0.733. The fourth-order valence-corrected chi connectivity index (χ4v) is 2.72. The standard InChI is InChI=1S/C15H24N2O2/c1-15(2,3)13-14(19)17(10-12(18)16-13)9-8-11-6-4-5-7-11/h6,13H,4-5,7-10H2,1-3H3,(H,16,18). The van der Waals surface area contributed by atoms with Gasteiger partial charge in [-0.05, 0) is 31.1 Å². The van der Waals surface area contributed by atoms with Gasteiger partial charge in [-0.1, -0.05) is 32.4 Å². The molecule has 0 aromatic heterocycles. The van der Waals surface area contributed by atoms with Gasteiger partial charge < -0.3 is 10.2 Å². The van der Waals surface area contributed by atoms with Gasteiger partial charge in [0, 0.05) is 6.54 Å². The van der Waals surface area contributed by atoms with Gasteiger partial charge in [0.05, 0.1) is 6.54 Å². The zero-order valence-electron chi connectivity index (χ0n) is 12.2. The smallest absolute Gasteiger partial charge is 0.246 e. The fourth-order valence-electron chi connectivity index (χ4n) is 2.72. The van der Waals surface area contributed by atoms with E-state index in [2.05, 4.69) is 11.4 Å². The number of hydrogen-bond donors (Lipinski definition) is 1. The Morgan fingerprint density at radius 1 is 1.37 bits per heavy atom. The number of rotatable bonds is 3. The van der Waals surface area contributed by atoms with Gasteiger partial charge in [0.15, 0.2) is 0 Å². The molecule has 1 N–H and O–H groups in total. The zero-order chi connectivity index (χ0) is 14.0. The Bertz CT molecular complexity index is 407. The van der Waals surface area contributed by atoms with E-state index >= 15 is 0 Å². The van der Waals surface area contributed by atoms with Crippen molar-refractivity contribution in [2.75, 3.05) is 13.1 Å². The minimum absolute atomic E-state index is 0.0417. The van der Waals surface area contributed by atoms with Crippen molar-refractivity contribution in [1.29, 1.82) is 0 Å². The summed E-state index contributed by atoms with van der Waals surface area (Å²) in [7, 11) is 0. The van der Waals surface area contributed by atoms with Crippen LogP contribution < -0.4 is 5.32 Å². The third-order valence-corrected chi connectivity index (χ3v) is 3.90. The number of amides is 2. The summed E-state index contributed by atoms with van der Waals surface area (Å²) in [6.07, 6.45) is 6.73. The van der Waals surface area contributed by atoms with Gasteiger partial charge >= 0.3 is 0 Å². The molecule has 0 aromatic carbocycles. The van der Waals surface area contributed by atoms with Gasteiger partial charge in [-0.2, -0.15) is 0 Å². The van der Waals surface area contributed by atoms with Crippen molar-refractivity contribution in [3.63, 3.8) is 0 Å². The first kappa shape index (κ1) is 14.1. The van der Waals surface area contributed by atoms with E-state index in [0.717, 1.165) is 19.3 Å². The van der Waals surface area contributed by atoms with E-state index in [4.69, 9.17) is 0 Å². The third kappa shape index (κ3) is 3.37. The molecule has 1 aliphatic heterocycles. The lowest BCUT2D eigenvalue weighted by atomic mass is 9.84. The molecule has 4 heteroatoms. The molecule has 1 unspecified atom stereocenters. The van der Waals surface area contributed by atoms with Crippen molar-refractivity contribution in [3.05, 3.63) is 11.6 Å². The molecule has 1 atom stereocenters. The topological polar surface area (TPSA) is 49.4 Å². The van der Waals surface area contributed by atoms with Crippen molar-refractivity contribution in [3.8, 4) is 0 Å². The molecule has 1 aliphatic carbocycles. The van der Waals surface area contributed by atoms with Gasteiger partial charge in [0.1, 0.15) is 6.04 Å². The van der Waals surface area contributed by atoms with Crippen LogP contribution in [0.25, 0.3) is 0 Å². The van der Waals surface area contributed by atoms with Crippen LogP contribution >= 0.6 is 0 Å². The molecule has 106 valence electrons. The van der Waals surface area contributed by atoms with Crippen molar-refractivity contribution in [2.24, 2.45) is 5.41 Å². The van der Waals surface area contributed by atoms with Gasteiger partial charge in [-0.15, -0.1) is 0 Å². The zero-order valence-corrected chi connectivity index (χ0v) is 12.2. The van der Waals surface area contributed by atoms with E-state index in [1.807, 2.05) is 20.8 Å². The summed E-state index contributed by atoms with van der Waals surface area (Å²) in [5.41, 5.74) is 1.20. The van der Waals surface area contributed by atoms with E-state index in [1.54, 1.807) is 4.90 Å². The highest BCUT2D eigenvalue weighted by molar-refractivity contribution is 5.95. The average molecular weight is 264 g/mol. The molecular formula is C15H24N2O2. The molecule has 0 radical (unpaired) electrons. The molecule has 1 heterocycles. The Morgan fingerprint density at radius 3 is 2.68 bits per heavy atom. The second kappa shape index (κ2) is 5.35. The van der Waals surface area contributed by atoms with E-state index < -0.39 is 6.04 Å². The number of allylic oxidation sites excluding steroid dienone is 1. The Kier molecular flexibility index (Phi) is 3.97. The molecule has 2 rings (SSSR count). The predicted octanol–water partition coefficient (Wildman–Crippen LogP) is 1.86. The summed E-state index contributed by atoms with van der Waals surface area (Å²) >= 11 is 0. The molecule has 19 heavy (non-hydrogen) atoms. The second-order valence-corrected chi connectivity index (χ2v) is 6.63. The van der Waals surface area contributed by atoms with Crippen LogP contribution in [-0.2, 0) is 9.59 Å². The summed E-state index contributed by atoms with van der Waals surface area (Å²) in [6.45, 7) is 6.83. The number of nitrogens with zero attached hydrogens (tertiary/aromatic N) is 1. The van der Waals surface area contributed by atoms with Crippen molar-refractivity contribution in [1.82, 2.24) is 10.2 Å². The van der Waals surface area contributed by atoms with Crippen LogP contribution in [-0.4, -0.2) is 35.8 Å². The maximum absolute atomic E-state index is 12.4. The van der Waals surface area contributed by atoms with Crippen LogP contribution in [0.5, 0.6) is 0 Å². The SMILES string of the molecule is CC(C)(C)C1NC(=O)CN(CCC2=CCCC2)C1=O. The largest absolute Gasteiger partial charge is 0.342 e. The van der Waals surface area contributed by atoms with Gasteiger partial charge in [0.2, 0.25) is 11.8 Å². The summed E-state index contributed by atoms with van der Waals surface area (Å²) in [4.78, 5) is 25.9. The van der Waals surface area contributed by atoms with Crippen LogP contribution in [0.1, 0.15) is 46.5 Å². The number of hydrogen-bond acceptors (Lipinski definition) is 2. The van der Waals surface area contributed by atoms with E-state index in [9.17, 15) is 9.59 Å². The first-order chi connectivity index (χ1) is 8.88. The summed E-state index contributed by atoms with van der Waals surface area (Å²) < 4.78 is 0. The van der Waals surface area contributed by atoms with E-state index in [-0.39, 0.29) is 23.8 Å². The summed E-state index contributed by atoms with van der Waals surface area (Å²) in [5.74, 6) is 0.0191. The minimum atomic E-state index is -0.397. The monoisotopic (exact) mass is 264 g/mol. The molecule has 4 nitrogen and oxygen atoms in total. The highest BCUT2D eigenvalue weighted by atomic mass is 16.2. The Morgan fingerprint density at radius 2 is 2.11 bits per heavy atom. The number of carbonyl (C=O) groups excluding carboxylic acids is 2. The lowest BCUT2D eigenvalue weighted by molar-refractivity contribution is -0.147. The van der Waals surface area contributed by atoms with Crippen molar-refractivity contribution < 1.29 is 9.59 Å². The molecule has 0 saturated carbocycles. The Balaban J connectivity index is 1.99. The Labute approximate surface area is 115 Å². The summed E-state index contributed by atoms with van der Waals surface area (Å²) in [6, 6.07) is -0.397. The first-order valence-corrected chi connectivity index (χ1v) is 7.14. The number of carbonyl (C=O) groups is 2. The molecule has 1 saturated heterocycles. The van der Waals surface area contributed by atoms with Crippen molar-refractivity contribution >= 4 is 11.8 Å². The molecule has 0 aromatic rings. The highest BCUT2D eigenvalue weighted by Crippen LogP contribution is 2.25. The van der Waals surface area contributed by atoms with Crippen LogP contribution in [0.4, 0.5) is 0 Å². The second-order valence-electron chi connectivity index (χ2n) is 6.63.